The molecule has 1 amide bonds. The van der Waals surface area contributed by atoms with E-state index in [0.717, 1.165) is 26.1 Å². The number of hydrogen-bond donors (Lipinski definition) is 1. The van der Waals surface area contributed by atoms with E-state index in [1.165, 1.54) is 0 Å². The maximum absolute atomic E-state index is 11.7. The molecule has 16 heavy (non-hydrogen) atoms. The summed E-state index contributed by atoms with van der Waals surface area (Å²) >= 11 is 0. The van der Waals surface area contributed by atoms with Gasteiger partial charge in [0.05, 0.1) is 11.6 Å². The van der Waals surface area contributed by atoms with E-state index in [4.69, 9.17) is 9.47 Å². The third kappa shape index (κ3) is 1.55. The molecule has 0 aromatic heterocycles. The Morgan fingerprint density at radius 3 is 2.62 bits per heavy atom. The Morgan fingerprint density at radius 2 is 2.06 bits per heavy atom. The van der Waals surface area contributed by atoms with Crippen molar-refractivity contribution in [3.8, 4) is 0 Å². The molecule has 2 fully saturated rings. The first-order chi connectivity index (χ1) is 7.54. The molecule has 0 radical (unpaired) electrons. The molecule has 2 unspecified atom stereocenters. The van der Waals surface area contributed by atoms with Crippen LogP contribution in [0.3, 0.4) is 0 Å². The number of methoxy groups -OCH3 is 1. The van der Waals surface area contributed by atoms with Gasteiger partial charge in [0.2, 0.25) is 5.91 Å². The van der Waals surface area contributed by atoms with E-state index in [9.17, 15) is 4.79 Å². The standard InChI is InChI=1S/C12H21NO3/c1-9(15-3)11(2)8-10(14)13-12(11)4-6-16-7-5-12/h9H,4-8H2,1-3H3,(H,13,14). The maximum Gasteiger partial charge on any atom is 0.221 e. The average Bonchev–Trinajstić information content (AvgIpc) is 2.51. The highest BCUT2D eigenvalue weighted by Gasteiger charge is 2.58. The van der Waals surface area contributed by atoms with Crippen molar-refractivity contribution in [1.82, 2.24) is 5.32 Å². The smallest absolute Gasteiger partial charge is 0.221 e. The van der Waals surface area contributed by atoms with Gasteiger partial charge in [-0.05, 0) is 19.8 Å². The van der Waals surface area contributed by atoms with Gasteiger partial charge in [-0.1, -0.05) is 6.92 Å². The van der Waals surface area contributed by atoms with Gasteiger partial charge in [0.25, 0.3) is 0 Å². The lowest BCUT2D eigenvalue weighted by Crippen LogP contribution is -2.58. The quantitative estimate of drug-likeness (QED) is 0.768. The zero-order valence-electron chi connectivity index (χ0n) is 10.3. The SMILES string of the molecule is COC(C)C1(C)CC(=O)NC12CCOCC2. The predicted octanol–water partition coefficient (Wildman–Crippen LogP) is 1.10. The minimum Gasteiger partial charge on any atom is -0.381 e. The van der Waals surface area contributed by atoms with Crippen LogP contribution >= 0.6 is 0 Å². The summed E-state index contributed by atoms with van der Waals surface area (Å²) in [6, 6.07) is 0. The van der Waals surface area contributed by atoms with Crippen LogP contribution in [-0.4, -0.2) is 37.9 Å². The van der Waals surface area contributed by atoms with Gasteiger partial charge in [-0.2, -0.15) is 0 Å². The third-order valence-electron chi connectivity index (χ3n) is 4.60. The number of nitrogens with one attached hydrogen (secondary N) is 1. The summed E-state index contributed by atoms with van der Waals surface area (Å²) in [5.74, 6) is 0.147. The zero-order valence-corrected chi connectivity index (χ0v) is 10.3. The van der Waals surface area contributed by atoms with E-state index in [0.29, 0.717) is 6.42 Å². The Labute approximate surface area is 96.7 Å². The third-order valence-corrected chi connectivity index (χ3v) is 4.60. The van der Waals surface area contributed by atoms with Gasteiger partial charge in [-0.25, -0.2) is 0 Å². The van der Waals surface area contributed by atoms with Crippen LogP contribution in [0.25, 0.3) is 0 Å². The topological polar surface area (TPSA) is 47.6 Å². The first-order valence-corrected chi connectivity index (χ1v) is 5.96. The van der Waals surface area contributed by atoms with Crippen LogP contribution in [0.5, 0.6) is 0 Å². The number of hydrogen-bond acceptors (Lipinski definition) is 3. The highest BCUT2D eigenvalue weighted by Crippen LogP contribution is 2.48. The Bertz CT molecular complexity index is 278. The fraction of sp³-hybridized carbons (Fsp3) is 0.917. The van der Waals surface area contributed by atoms with Crippen LogP contribution in [0.4, 0.5) is 0 Å². The molecule has 0 aromatic rings. The number of carbonyl (C=O) groups is 1. The first kappa shape index (κ1) is 11.9. The van der Waals surface area contributed by atoms with E-state index in [-0.39, 0.29) is 23.0 Å². The van der Waals surface area contributed by atoms with Crippen molar-refractivity contribution in [1.29, 1.82) is 0 Å². The highest BCUT2D eigenvalue weighted by atomic mass is 16.5. The summed E-state index contributed by atoms with van der Waals surface area (Å²) in [4.78, 5) is 11.7. The summed E-state index contributed by atoms with van der Waals surface area (Å²) in [6.45, 7) is 5.67. The van der Waals surface area contributed by atoms with E-state index in [1.807, 2.05) is 0 Å². The van der Waals surface area contributed by atoms with Gasteiger partial charge in [0, 0.05) is 32.2 Å². The lowest BCUT2D eigenvalue weighted by Gasteiger charge is -2.47. The van der Waals surface area contributed by atoms with Crippen molar-refractivity contribution < 1.29 is 14.3 Å². The molecule has 4 heteroatoms. The summed E-state index contributed by atoms with van der Waals surface area (Å²) < 4.78 is 10.9. The van der Waals surface area contributed by atoms with Crippen LogP contribution in [0.2, 0.25) is 0 Å². The van der Waals surface area contributed by atoms with Crippen molar-refractivity contribution >= 4 is 5.91 Å². The van der Waals surface area contributed by atoms with Gasteiger partial charge in [0.15, 0.2) is 0 Å². The zero-order chi connectivity index (χ0) is 11.8. The molecule has 2 atom stereocenters. The monoisotopic (exact) mass is 227 g/mol. The molecule has 1 N–H and O–H groups in total. The molecule has 0 aliphatic carbocycles. The van der Waals surface area contributed by atoms with E-state index in [1.54, 1.807) is 7.11 Å². The first-order valence-electron chi connectivity index (χ1n) is 5.96. The second kappa shape index (κ2) is 4.00. The van der Waals surface area contributed by atoms with Crippen molar-refractivity contribution in [2.24, 2.45) is 5.41 Å². The van der Waals surface area contributed by atoms with Gasteiger partial charge in [-0.15, -0.1) is 0 Å². The number of carbonyl (C=O) groups excluding carboxylic acids is 1. The lowest BCUT2D eigenvalue weighted by molar-refractivity contribution is -0.120. The molecule has 0 aromatic carbocycles. The average molecular weight is 227 g/mol. The second-order valence-electron chi connectivity index (χ2n) is 5.21. The molecular formula is C12H21NO3. The molecule has 92 valence electrons. The molecule has 2 aliphatic heterocycles. The molecule has 1 spiro atoms. The highest BCUT2D eigenvalue weighted by molar-refractivity contribution is 5.81. The Morgan fingerprint density at radius 1 is 1.44 bits per heavy atom. The van der Waals surface area contributed by atoms with Crippen LogP contribution in [0, 0.1) is 5.41 Å². The van der Waals surface area contributed by atoms with Gasteiger partial charge in [-0.3, -0.25) is 4.79 Å². The van der Waals surface area contributed by atoms with Crippen LogP contribution in [0.15, 0.2) is 0 Å². The molecular weight excluding hydrogens is 206 g/mol. The second-order valence-corrected chi connectivity index (χ2v) is 5.21. The Balaban J connectivity index is 2.30. The Hall–Kier alpha value is -0.610. The molecule has 2 aliphatic rings. The summed E-state index contributed by atoms with van der Waals surface area (Å²) in [5, 5.41) is 3.18. The number of ether oxygens (including phenoxy) is 2. The molecule has 2 rings (SSSR count). The molecule has 2 heterocycles. The molecule has 4 nitrogen and oxygen atoms in total. The minimum atomic E-state index is -0.127. The molecule has 0 saturated carbocycles. The fourth-order valence-electron chi connectivity index (χ4n) is 3.17. The Kier molecular flexibility index (Phi) is 2.97. The van der Waals surface area contributed by atoms with Crippen molar-refractivity contribution in [3.05, 3.63) is 0 Å². The summed E-state index contributed by atoms with van der Waals surface area (Å²) in [7, 11) is 1.71. The number of amides is 1. The number of rotatable bonds is 2. The van der Waals surface area contributed by atoms with Gasteiger partial charge in [0.1, 0.15) is 0 Å². The van der Waals surface area contributed by atoms with Crippen molar-refractivity contribution in [2.45, 2.75) is 44.8 Å². The molecule has 0 bridgehead atoms. The predicted molar refractivity (Wildman–Crippen MR) is 60.1 cm³/mol. The normalized spacial score (nSPS) is 35.1. The maximum atomic E-state index is 11.7. The van der Waals surface area contributed by atoms with Gasteiger partial charge >= 0.3 is 0 Å². The van der Waals surface area contributed by atoms with Gasteiger partial charge < -0.3 is 14.8 Å². The minimum absolute atomic E-state index is 0.0737. The largest absolute Gasteiger partial charge is 0.381 e. The van der Waals surface area contributed by atoms with Crippen LogP contribution < -0.4 is 5.32 Å². The van der Waals surface area contributed by atoms with E-state index >= 15 is 0 Å². The summed E-state index contributed by atoms with van der Waals surface area (Å²) in [6.07, 6.45) is 2.41. The van der Waals surface area contributed by atoms with E-state index < -0.39 is 0 Å². The molecule has 2 saturated heterocycles. The fourth-order valence-corrected chi connectivity index (χ4v) is 3.17. The van der Waals surface area contributed by atoms with E-state index in [2.05, 4.69) is 19.2 Å². The van der Waals surface area contributed by atoms with Crippen molar-refractivity contribution in [2.75, 3.05) is 20.3 Å². The van der Waals surface area contributed by atoms with Crippen molar-refractivity contribution in [3.63, 3.8) is 0 Å². The van der Waals surface area contributed by atoms with Crippen LogP contribution in [0.1, 0.15) is 33.1 Å². The summed E-state index contributed by atoms with van der Waals surface area (Å²) in [5.41, 5.74) is -0.250. The van der Waals surface area contributed by atoms with Crippen LogP contribution in [-0.2, 0) is 14.3 Å². The lowest BCUT2D eigenvalue weighted by atomic mass is 9.65.